The van der Waals surface area contributed by atoms with Gasteiger partial charge in [-0.15, -0.1) is 0 Å². The monoisotopic (exact) mass is 168 g/mol. The van der Waals surface area contributed by atoms with Gasteiger partial charge in [-0.05, 0) is 24.9 Å². The lowest BCUT2D eigenvalue weighted by Crippen LogP contribution is -2.27. The minimum Gasteiger partial charge on any atom is -0.291 e. The largest absolute Gasteiger partial charge is 0.291 e. The molecule has 0 saturated carbocycles. The number of nitriles is 1. The molecule has 0 rings (SSSR count). The molecule has 12 heavy (non-hydrogen) atoms. The molecule has 0 aromatic carbocycles. The van der Waals surface area contributed by atoms with E-state index >= 15 is 0 Å². The van der Waals surface area contributed by atoms with Crippen LogP contribution in [0.3, 0.4) is 0 Å². The van der Waals surface area contributed by atoms with E-state index in [0.29, 0.717) is 12.0 Å². The zero-order chi connectivity index (χ0) is 9.61. The normalized spacial score (nSPS) is 11.7. The van der Waals surface area contributed by atoms with Gasteiger partial charge >= 0.3 is 0 Å². The molecule has 2 heteroatoms. The van der Waals surface area contributed by atoms with Crippen LogP contribution in [0.4, 0.5) is 0 Å². The first-order valence-electron chi connectivity index (χ1n) is 4.59. The van der Waals surface area contributed by atoms with Crippen molar-refractivity contribution < 1.29 is 0 Å². The average Bonchev–Trinajstić information content (AvgIpc) is 1.96. The van der Waals surface area contributed by atoms with Crippen LogP contribution in [0.15, 0.2) is 0 Å². The molecule has 0 heterocycles. The van der Waals surface area contributed by atoms with Crippen molar-refractivity contribution >= 4 is 0 Å². The van der Waals surface area contributed by atoms with Crippen LogP contribution in [0, 0.1) is 16.7 Å². The summed E-state index contributed by atoms with van der Waals surface area (Å²) >= 11 is 0. The molecule has 0 spiro atoms. The first-order valence-corrected chi connectivity index (χ1v) is 4.59. The van der Waals surface area contributed by atoms with Crippen LogP contribution < -0.4 is 0 Å². The molecule has 2 nitrogen and oxygen atoms in total. The lowest BCUT2D eigenvalue weighted by Gasteiger charge is -2.23. The number of nitrogens with zero attached hydrogens (tertiary/aromatic N) is 2. The second-order valence-corrected chi connectivity index (χ2v) is 4.34. The highest BCUT2D eigenvalue weighted by molar-refractivity contribution is 4.76. The van der Waals surface area contributed by atoms with Gasteiger partial charge in [-0.1, -0.05) is 27.7 Å². The highest BCUT2D eigenvalue weighted by atomic mass is 15.1. The number of rotatable bonds is 4. The van der Waals surface area contributed by atoms with E-state index in [2.05, 4.69) is 38.7 Å². The van der Waals surface area contributed by atoms with Gasteiger partial charge in [0, 0.05) is 0 Å². The van der Waals surface area contributed by atoms with Crippen molar-refractivity contribution in [3.05, 3.63) is 0 Å². The molecule has 0 aliphatic heterocycles. The third kappa shape index (κ3) is 6.18. The van der Waals surface area contributed by atoms with Crippen molar-refractivity contribution in [2.75, 3.05) is 19.6 Å². The minimum absolute atomic E-state index is 0.378. The molecule has 0 saturated heterocycles. The summed E-state index contributed by atoms with van der Waals surface area (Å²) in [6.45, 7) is 11.4. The van der Waals surface area contributed by atoms with Crippen molar-refractivity contribution in [1.29, 1.82) is 5.26 Å². The molecule has 0 N–H and O–H groups in total. The first kappa shape index (κ1) is 11.4. The summed E-state index contributed by atoms with van der Waals surface area (Å²) in [6, 6.07) is 2.18. The van der Waals surface area contributed by atoms with Crippen molar-refractivity contribution in [2.24, 2.45) is 5.41 Å². The summed E-state index contributed by atoms with van der Waals surface area (Å²) in [5.41, 5.74) is 0.378. The standard InChI is InChI=1S/C10H20N2/c1-5-12(9-7-11)8-6-10(2,3)4/h5-6,8-9H2,1-4H3. The summed E-state index contributed by atoms with van der Waals surface area (Å²) in [4.78, 5) is 2.17. The molecule has 0 aromatic heterocycles. The SMILES string of the molecule is CCN(CC#N)CCC(C)(C)C. The molecule has 0 amide bonds. The third-order valence-corrected chi connectivity index (χ3v) is 1.92. The lowest BCUT2D eigenvalue weighted by atomic mass is 9.92. The molecule has 0 atom stereocenters. The summed E-state index contributed by atoms with van der Waals surface area (Å²) in [5, 5.41) is 8.51. The van der Waals surface area contributed by atoms with E-state index < -0.39 is 0 Å². The van der Waals surface area contributed by atoms with Crippen LogP contribution in [0.5, 0.6) is 0 Å². The van der Waals surface area contributed by atoms with Gasteiger partial charge in [0.25, 0.3) is 0 Å². The molecule has 0 aromatic rings. The highest BCUT2D eigenvalue weighted by Gasteiger charge is 2.11. The van der Waals surface area contributed by atoms with E-state index in [1.807, 2.05) is 0 Å². The van der Waals surface area contributed by atoms with Crippen LogP contribution in [-0.2, 0) is 0 Å². The predicted octanol–water partition coefficient (Wildman–Crippen LogP) is 2.27. The Morgan fingerprint density at radius 3 is 2.25 bits per heavy atom. The van der Waals surface area contributed by atoms with Gasteiger partial charge in [0.05, 0.1) is 12.6 Å². The van der Waals surface area contributed by atoms with Gasteiger partial charge in [0.1, 0.15) is 0 Å². The summed E-state index contributed by atoms with van der Waals surface area (Å²) in [6.07, 6.45) is 1.16. The van der Waals surface area contributed by atoms with Crippen molar-refractivity contribution in [2.45, 2.75) is 34.1 Å². The zero-order valence-corrected chi connectivity index (χ0v) is 8.72. The van der Waals surface area contributed by atoms with Gasteiger partial charge in [0.2, 0.25) is 0 Å². The Morgan fingerprint density at radius 1 is 1.33 bits per heavy atom. The smallest absolute Gasteiger partial charge is 0.0865 e. The minimum atomic E-state index is 0.378. The van der Waals surface area contributed by atoms with E-state index in [9.17, 15) is 0 Å². The van der Waals surface area contributed by atoms with E-state index in [-0.39, 0.29) is 0 Å². The van der Waals surface area contributed by atoms with Crippen molar-refractivity contribution in [3.63, 3.8) is 0 Å². The Bertz CT molecular complexity index is 150. The van der Waals surface area contributed by atoms with Crippen LogP contribution in [0.2, 0.25) is 0 Å². The highest BCUT2D eigenvalue weighted by Crippen LogP contribution is 2.18. The fraction of sp³-hybridized carbons (Fsp3) is 0.900. The second-order valence-electron chi connectivity index (χ2n) is 4.34. The molecule has 0 aliphatic rings. The van der Waals surface area contributed by atoms with Crippen LogP contribution >= 0.6 is 0 Å². The maximum Gasteiger partial charge on any atom is 0.0865 e. The van der Waals surface area contributed by atoms with E-state index in [0.717, 1.165) is 19.5 Å². The van der Waals surface area contributed by atoms with E-state index in [4.69, 9.17) is 5.26 Å². The third-order valence-electron chi connectivity index (χ3n) is 1.92. The fourth-order valence-electron chi connectivity index (χ4n) is 0.942. The zero-order valence-electron chi connectivity index (χ0n) is 8.72. The quantitative estimate of drug-likeness (QED) is 0.602. The molecular formula is C10H20N2. The number of hydrogen-bond donors (Lipinski definition) is 0. The Balaban J connectivity index is 3.67. The second kappa shape index (κ2) is 5.16. The van der Waals surface area contributed by atoms with Gasteiger partial charge in [-0.25, -0.2) is 0 Å². The van der Waals surface area contributed by atoms with Gasteiger partial charge in [-0.3, -0.25) is 4.90 Å². The lowest BCUT2D eigenvalue weighted by molar-refractivity contribution is 0.257. The summed E-state index contributed by atoms with van der Waals surface area (Å²) in [5.74, 6) is 0. The Kier molecular flexibility index (Phi) is 4.92. The molecule has 0 fully saturated rings. The average molecular weight is 168 g/mol. The van der Waals surface area contributed by atoms with E-state index in [1.54, 1.807) is 0 Å². The van der Waals surface area contributed by atoms with Gasteiger partial charge in [-0.2, -0.15) is 5.26 Å². The molecule has 70 valence electrons. The molecule has 0 bridgehead atoms. The van der Waals surface area contributed by atoms with Crippen LogP contribution in [0.1, 0.15) is 34.1 Å². The molecule has 0 aliphatic carbocycles. The molecule has 0 unspecified atom stereocenters. The fourth-order valence-corrected chi connectivity index (χ4v) is 0.942. The maximum atomic E-state index is 8.51. The topological polar surface area (TPSA) is 27.0 Å². The van der Waals surface area contributed by atoms with Crippen molar-refractivity contribution in [3.8, 4) is 6.07 Å². The van der Waals surface area contributed by atoms with Crippen LogP contribution in [0.25, 0.3) is 0 Å². The maximum absolute atomic E-state index is 8.51. The predicted molar refractivity (Wildman–Crippen MR) is 51.8 cm³/mol. The van der Waals surface area contributed by atoms with Crippen molar-refractivity contribution in [1.82, 2.24) is 4.90 Å². The number of hydrogen-bond acceptors (Lipinski definition) is 2. The Labute approximate surface area is 76.2 Å². The van der Waals surface area contributed by atoms with Crippen LogP contribution in [-0.4, -0.2) is 24.5 Å². The molecule has 0 radical (unpaired) electrons. The summed E-state index contributed by atoms with van der Waals surface area (Å²) in [7, 11) is 0. The molecular weight excluding hydrogens is 148 g/mol. The van der Waals surface area contributed by atoms with Gasteiger partial charge in [0.15, 0.2) is 0 Å². The summed E-state index contributed by atoms with van der Waals surface area (Å²) < 4.78 is 0. The van der Waals surface area contributed by atoms with E-state index in [1.165, 1.54) is 0 Å². The Hall–Kier alpha value is -0.550. The first-order chi connectivity index (χ1) is 5.49. The Morgan fingerprint density at radius 2 is 1.92 bits per heavy atom. The van der Waals surface area contributed by atoms with Gasteiger partial charge < -0.3 is 0 Å².